The minimum absolute atomic E-state index is 0. The average Bonchev–Trinajstić information content (AvgIpc) is 2.85. The van der Waals surface area contributed by atoms with Gasteiger partial charge in [0.15, 0.2) is 0 Å². The molecule has 174 valence electrons. The molecule has 36 heavy (non-hydrogen) atoms. The predicted molar refractivity (Wildman–Crippen MR) is 131 cm³/mol. The predicted octanol–water partition coefficient (Wildman–Crippen LogP) is -1.27. The van der Waals surface area contributed by atoms with Crippen LogP contribution in [0.1, 0.15) is 22.3 Å². The van der Waals surface area contributed by atoms with E-state index < -0.39 is 15.0 Å². The van der Waals surface area contributed by atoms with E-state index in [2.05, 4.69) is 32.7 Å². The van der Waals surface area contributed by atoms with E-state index >= 15 is 0 Å². The van der Waals surface area contributed by atoms with Crippen molar-refractivity contribution in [2.24, 2.45) is 9.98 Å². The van der Waals surface area contributed by atoms with Gasteiger partial charge in [-0.2, -0.15) is 4.33 Å². The van der Waals surface area contributed by atoms with Gasteiger partial charge in [0, 0.05) is 11.1 Å². The molecule has 0 aliphatic heterocycles. The minimum Gasteiger partial charge on any atom is -0.744 e. The molecule has 0 unspecified atom stereocenters. The van der Waals surface area contributed by atoms with E-state index in [1.807, 2.05) is 24.3 Å². The van der Waals surface area contributed by atoms with Crippen molar-refractivity contribution in [3.05, 3.63) is 89.5 Å². The molecule has 0 aliphatic rings. The standard InChI is InChI=1S/C24H20N2O6S2.2Na/c1-3-17-4-6-18(7-5-17)16-26-22-13-11-20(24(15-22)34(28,29)30)9-8-19-10-12-21(25-2)14-23(19)33-32-31-27;;/h3-16,27H,1-2H2,(H,28,29,30);;/q;2*+1/p-2/b9-8+,26-16?;;. The summed E-state index contributed by atoms with van der Waals surface area (Å²) in [5.41, 5.74) is 3.32. The molecule has 3 aromatic rings. The first kappa shape index (κ1) is 32.6. The number of aliphatic imine (C=N–C) groups is 2. The molecule has 0 bridgehead atoms. The Morgan fingerprint density at radius 1 is 0.889 bits per heavy atom. The smallest absolute Gasteiger partial charge is 0.744 e. The van der Waals surface area contributed by atoms with Crippen LogP contribution in [0.2, 0.25) is 0 Å². The van der Waals surface area contributed by atoms with Crippen molar-refractivity contribution >= 4 is 64.7 Å². The van der Waals surface area contributed by atoms with E-state index in [-0.39, 0.29) is 64.7 Å². The van der Waals surface area contributed by atoms with Crippen LogP contribution in [-0.2, 0) is 19.5 Å². The van der Waals surface area contributed by atoms with Crippen molar-refractivity contribution in [2.75, 3.05) is 0 Å². The summed E-state index contributed by atoms with van der Waals surface area (Å²) in [4.78, 5) is 8.12. The molecule has 8 nitrogen and oxygen atoms in total. The van der Waals surface area contributed by atoms with E-state index in [1.54, 1.807) is 42.6 Å². The summed E-state index contributed by atoms with van der Waals surface area (Å²) in [5, 5.41) is 13.6. The Hall–Kier alpha value is -1.38. The van der Waals surface area contributed by atoms with E-state index in [0.717, 1.165) is 11.1 Å². The Balaban J connectivity index is 0.00000324. The van der Waals surface area contributed by atoms with Gasteiger partial charge in [-0.05, 0) is 53.2 Å². The zero-order chi connectivity index (χ0) is 24.6. The Bertz CT molecular complexity index is 1360. The van der Waals surface area contributed by atoms with Crippen molar-refractivity contribution in [2.45, 2.75) is 9.79 Å². The fraction of sp³-hybridized carbons (Fsp3) is 0. The van der Waals surface area contributed by atoms with Crippen LogP contribution >= 0.6 is 12.0 Å². The van der Waals surface area contributed by atoms with Crippen LogP contribution in [0.5, 0.6) is 0 Å². The summed E-state index contributed by atoms with van der Waals surface area (Å²) >= 11 is 0.652. The van der Waals surface area contributed by atoms with Crippen LogP contribution in [0.3, 0.4) is 0 Å². The van der Waals surface area contributed by atoms with E-state index in [1.165, 1.54) is 18.2 Å². The molecular formula is C24H18N2Na2O6S2. The first-order chi connectivity index (χ1) is 16.3. The van der Waals surface area contributed by atoms with Gasteiger partial charge in [0.25, 0.3) is 0 Å². The Kier molecular flexibility index (Phi) is 14.3. The molecule has 3 aromatic carbocycles. The summed E-state index contributed by atoms with van der Waals surface area (Å²) in [7, 11) is -4.79. The maximum absolute atomic E-state index is 11.9. The van der Waals surface area contributed by atoms with Crippen LogP contribution in [-0.4, -0.2) is 25.9 Å². The molecule has 0 saturated carbocycles. The van der Waals surface area contributed by atoms with E-state index in [4.69, 9.17) is 0 Å². The molecule has 0 heterocycles. The molecule has 0 saturated heterocycles. The van der Waals surface area contributed by atoms with Gasteiger partial charge < -0.3 is 9.81 Å². The first-order valence-electron chi connectivity index (χ1n) is 9.62. The van der Waals surface area contributed by atoms with E-state index in [9.17, 15) is 18.2 Å². The fourth-order valence-electron chi connectivity index (χ4n) is 2.89. The van der Waals surface area contributed by atoms with Crippen molar-refractivity contribution < 1.29 is 86.7 Å². The minimum atomic E-state index is -4.79. The number of rotatable bonds is 10. The third-order valence-electron chi connectivity index (χ3n) is 4.58. The van der Waals surface area contributed by atoms with Crippen LogP contribution in [0.4, 0.5) is 11.4 Å². The monoisotopic (exact) mass is 540 g/mol. The maximum atomic E-state index is 11.9. The molecular weight excluding hydrogens is 522 g/mol. The molecule has 0 aromatic heterocycles. The van der Waals surface area contributed by atoms with Crippen molar-refractivity contribution in [3.8, 4) is 0 Å². The summed E-state index contributed by atoms with van der Waals surface area (Å²) in [6.45, 7) is 7.13. The number of hydrogen-bond acceptors (Lipinski definition) is 9. The third kappa shape index (κ3) is 9.49. The van der Waals surface area contributed by atoms with Crippen molar-refractivity contribution in [1.29, 1.82) is 0 Å². The quantitative estimate of drug-likeness (QED) is 0.0597. The normalized spacial score (nSPS) is 11.2. The fourth-order valence-corrected chi connectivity index (χ4v) is 4.08. The van der Waals surface area contributed by atoms with Gasteiger partial charge in [-0.3, -0.25) is 15.0 Å². The zero-order valence-corrected chi connectivity index (χ0v) is 25.3. The van der Waals surface area contributed by atoms with Crippen molar-refractivity contribution in [3.63, 3.8) is 0 Å². The van der Waals surface area contributed by atoms with Gasteiger partial charge in [0.2, 0.25) is 0 Å². The molecule has 12 heteroatoms. The van der Waals surface area contributed by atoms with Crippen LogP contribution < -0.4 is 64.4 Å². The Morgan fingerprint density at radius 2 is 1.50 bits per heavy atom. The Morgan fingerprint density at radius 3 is 2.11 bits per heavy atom. The molecule has 0 aliphatic carbocycles. The molecule has 3 rings (SSSR count). The third-order valence-corrected chi connectivity index (χ3v) is 6.12. The van der Waals surface area contributed by atoms with Crippen LogP contribution in [0.25, 0.3) is 18.2 Å². The molecule has 0 radical (unpaired) electrons. The maximum Gasteiger partial charge on any atom is 1.00 e. The number of benzene rings is 3. The zero-order valence-electron chi connectivity index (χ0n) is 19.7. The molecule has 0 fully saturated rings. The van der Waals surface area contributed by atoms with Gasteiger partial charge >= 0.3 is 59.1 Å². The van der Waals surface area contributed by atoms with Gasteiger partial charge in [-0.1, -0.05) is 61.2 Å². The van der Waals surface area contributed by atoms with Crippen LogP contribution in [0, 0.1) is 0 Å². The first-order valence-corrected chi connectivity index (χ1v) is 11.8. The Labute approximate surface area is 258 Å². The number of hydrogen-bond donors (Lipinski definition) is 0. The molecule has 0 spiro atoms. The molecule has 0 atom stereocenters. The van der Waals surface area contributed by atoms with Crippen LogP contribution in [0.15, 0.2) is 87.0 Å². The second-order valence-corrected chi connectivity index (χ2v) is 8.83. The summed E-state index contributed by atoms with van der Waals surface area (Å²) in [6, 6.07) is 16.6. The van der Waals surface area contributed by atoms with Crippen molar-refractivity contribution in [1.82, 2.24) is 0 Å². The van der Waals surface area contributed by atoms with Gasteiger partial charge in [0.05, 0.1) is 28.3 Å². The topological polar surface area (TPSA) is 123 Å². The number of nitrogens with zero attached hydrogens (tertiary/aromatic N) is 2. The second kappa shape index (κ2) is 15.8. The molecule has 0 amide bonds. The SMILES string of the molecule is C=Cc1ccc(C=Nc2ccc(/C=C/c3ccc(N=C)cc3SOO[O-])c(S(=O)(=O)[O-])c2)cc1.[Na+].[Na+]. The van der Waals surface area contributed by atoms with Gasteiger partial charge in [0.1, 0.15) is 10.1 Å². The summed E-state index contributed by atoms with van der Waals surface area (Å²) < 4.78 is 40.1. The summed E-state index contributed by atoms with van der Waals surface area (Å²) in [6.07, 6.45) is 6.31. The largest absolute Gasteiger partial charge is 1.00 e. The second-order valence-electron chi connectivity index (χ2n) is 6.74. The van der Waals surface area contributed by atoms with Gasteiger partial charge in [-0.25, -0.2) is 8.42 Å². The summed E-state index contributed by atoms with van der Waals surface area (Å²) in [5.74, 6) is 0. The van der Waals surface area contributed by atoms with Gasteiger partial charge in [-0.15, -0.1) is 0 Å². The van der Waals surface area contributed by atoms with E-state index in [0.29, 0.717) is 33.9 Å². The molecule has 0 N–H and O–H groups in total. The average molecular weight is 541 g/mol.